The summed E-state index contributed by atoms with van der Waals surface area (Å²) >= 11 is 7.52. The molecule has 1 aromatic carbocycles. The number of hydrogen-bond acceptors (Lipinski definition) is 7. The lowest BCUT2D eigenvalue weighted by Crippen LogP contribution is -2.58. The molecule has 10 nitrogen and oxygen atoms in total. The molecule has 4 N–H and O–H groups in total. The number of ether oxygens (including phenoxy) is 1. The van der Waals surface area contributed by atoms with E-state index in [9.17, 15) is 14.4 Å². The number of hydrogen-bond donors (Lipinski definition) is 4. The Balaban J connectivity index is 1.31. The molecule has 3 amide bonds. The number of nitrogens with zero attached hydrogens (tertiary/aromatic N) is 2. The number of H-pyrrole nitrogens is 1. The fourth-order valence-electron chi connectivity index (χ4n) is 5.23. The van der Waals surface area contributed by atoms with Crippen molar-refractivity contribution in [1.29, 1.82) is 0 Å². The van der Waals surface area contributed by atoms with E-state index in [-0.39, 0.29) is 23.9 Å². The molecular weight excluding hydrogens is 552 g/mol. The van der Waals surface area contributed by atoms with Crippen LogP contribution in [0.15, 0.2) is 24.3 Å². The van der Waals surface area contributed by atoms with Gasteiger partial charge in [0.05, 0.1) is 11.7 Å². The first-order valence-corrected chi connectivity index (χ1v) is 14.7. The molecule has 1 fully saturated rings. The third-order valence-electron chi connectivity index (χ3n) is 7.15. The zero-order chi connectivity index (χ0) is 28.6. The van der Waals surface area contributed by atoms with E-state index in [1.54, 1.807) is 18.2 Å². The molecule has 2 aliphatic rings. The molecule has 0 saturated heterocycles. The Morgan fingerprint density at radius 2 is 1.88 bits per heavy atom. The lowest BCUT2D eigenvalue weighted by atomic mass is 9.86. The van der Waals surface area contributed by atoms with Gasteiger partial charge in [-0.2, -0.15) is 0 Å². The predicted octanol–water partition coefficient (Wildman–Crippen LogP) is 4.24. The maximum absolute atomic E-state index is 13.4. The largest absolute Gasteiger partial charge is 0.444 e. The maximum Gasteiger partial charge on any atom is 0.407 e. The number of benzene rings is 1. The molecule has 1 aliphatic carbocycles. The number of nitrogens with one attached hydrogen (secondary N) is 4. The van der Waals surface area contributed by atoms with Crippen molar-refractivity contribution in [2.75, 3.05) is 13.6 Å². The second-order valence-electron chi connectivity index (χ2n) is 11.6. The lowest BCUT2D eigenvalue weighted by molar-refractivity contribution is 0.0480. The Morgan fingerprint density at radius 3 is 2.65 bits per heavy atom. The number of likely N-dealkylation sites (N-methyl/N-ethyl adjacent to an activating group) is 1. The summed E-state index contributed by atoms with van der Waals surface area (Å²) in [6.45, 7) is 7.12. The van der Waals surface area contributed by atoms with Gasteiger partial charge in [-0.05, 0) is 71.3 Å². The SMILES string of the molecule is CN1CCc2nc(C(=O)N[C@H]3CC(NC(=O)OC(C)(C)C)CC[C@H]3NC(=O)c3cc4cc(Cl)ccc4[nH]3)sc2C1. The number of carbonyl (C=O) groups excluding carboxylic acids is 3. The van der Waals surface area contributed by atoms with Gasteiger partial charge in [-0.15, -0.1) is 11.3 Å². The van der Waals surface area contributed by atoms with Crippen LogP contribution in [0.25, 0.3) is 10.9 Å². The molecule has 12 heteroatoms. The van der Waals surface area contributed by atoms with Gasteiger partial charge in [-0.25, -0.2) is 9.78 Å². The van der Waals surface area contributed by atoms with Crippen molar-refractivity contribution < 1.29 is 19.1 Å². The summed E-state index contributed by atoms with van der Waals surface area (Å²) in [5.41, 5.74) is 1.58. The van der Waals surface area contributed by atoms with Crippen LogP contribution in [0.1, 0.15) is 70.9 Å². The molecule has 0 radical (unpaired) electrons. The first-order valence-electron chi connectivity index (χ1n) is 13.5. The van der Waals surface area contributed by atoms with Crippen molar-refractivity contribution in [3.8, 4) is 0 Å². The standard InChI is InChI=1S/C28H35ClN6O4S/c1-28(2,3)39-27(38)30-17-6-8-19(32-24(36)22-12-15-11-16(29)5-7-18(15)31-22)21(13-17)33-25(37)26-34-20-9-10-35(4)14-23(20)40-26/h5,7,11-12,17,19,21,31H,6,8-10,13-14H2,1-4H3,(H,30,38)(H,32,36)(H,33,37)/t17?,19-,21+/m1/s1. The Morgan fingerprint density at radius 1 is 1.10 bits per heavy atom. The minimum absolute atomic E-state index is 0.221. The molecule has 1 unspecified atom stereocenters. The van der Waals surface area contributed by atoms with Gasteiger partial charge >= 0.3 is 6.09 Å². The molecule has 5 rings (SSSR count). The fraction of sp³-hybridized carbons (Fsp3) is 0.500. The molecule has 3 atom stereocenters. The number of carbonyl (C=O) groups is 3. The van der Waals surface area contributed by atoms with E-state index in [4.69, 9.17) is 16.3 Å². The first-order chi connectivity index (χ1) is 18.9. The van der Waals surface area contributed by atoms with Crippen LogP contribution in [0.5, 0.6) is 0 Å². The smallest absolute Gasteiger partial charge is 0.407 e. The van der Waals surface area contributed by atoms with Crippen molar-refractivity contribution in [1.82, 2.24) is 30.8 Å². The summed E-state index contributed by atoms with van der Waals surface area (Å²) in [5, 5.41) is 11.0. The summed E-state index contributed by atoms with van der Waals surface area (Å²) in [5.74, 6) is -0.549. The van der Waals surface area contributed by atoms with Crippen LogP contribution in [0.4, 0.5) is 4.79 Å². The van der Waals surface area contributed by atoms with Gasteiger partial charge in [0, 0.05) is 52.4 Å². The van der Waals surface area contributed by atoms with Gasteiger partial charge in [-0.1, -0.05) is 11.6 Å². The minimum atomic E-state index is -0.620. The van der Waals surface area contributed by atoms with Crippen molar-refractivity contribution in [3.05, 3.63) is 50.6 Å². The van der Waals surface area contributed by atoms with Crippen LogP contribution in [0.2, 0.25) is 5.02 Å². The first kappa shape index (κ1) is 28.4. The topological polar surface area (TPSA) is 128 Å². The predicted molar refractivity (Wildman–Crippen MR) is 155 cm³/mol. The van der Waals surface area contributed by atoms with Crippen molar-refractivity contribution >= 4 is 51.7 Å². The third-order valence-corrected chi connectivity index (χ3v) is 8.46. The van der Waals surface area contributed by atoms with E-state index in [1.165, 1.54) is 11.3 Å². The normalized spacial score (nSPS) is 21.5. The molecule has 0 bridgehead atoms. The molecule has 214 valence electrons. The molecule has 2 aromatic heterocycles. The minimum Gasteiger partial charge on any atom is -0.444 e. The van der Waals surface area contributed by atoms with Crippen molar-refractivity contribution in [3.63, 3.8) is 0 Å². The number of amides is 3. The lowest BCUT2D eigenvalue weighted by Gasteiger charge is -2.37. The van der Waals surface area contributed by atoms with Crippen LogP contribution in [0, 0.1) is 0 Å². The molecule has 1 saturated carbocycles. The van der Waals surface area contributed by atoms with E-state index in [0.717, 1.165) is 41.0 Å². The van der Waals surface area contributed by atoms with Gasteiger partial charge in [0.2, 0.25) is 0 Å². The van der Waals surface area contributed by atoms with Crippen molar-refractivity contribution in [2.45, 2.75) is 76.7 Å². The van der Waals surface area contributed by atoms with Crippen LogP contribution in [-0.2, 0) is 17.7 Å². The fourth-order valence-corrected chi connectivity index (χ4v) is 6.50. The van der Waals surface area contributed by atoms with E-state index in [0.29, 0.717) is 35.0 Å². The molecule has 1 aliphatic heterocycles. The second-order valence-corrected chi connectivity index (χ2v) is 13.1. The van der Waals surface area contributed by atoms with Gasteiger partial charge in [0.25, 0.3) is 11.8 Å². The zero-order valence-corrected chi connectivity index (χ0v) is 24.7. The van der Waals surface area contributed by atoms with E-state index < -0.39 is 17.7 Å². The number of alkyl carbamates (subject to hydrolysis) is 1. The van der Waals surface area contributed by atoms with Crippen LogP contribution in [-0.4, -0.2) is 70.1 Å². The van der Waals surface area contributed by atoms with Crippen molar-refractivity contribution in [2.24, 2.45) is 0 Å². The molecule has 3 heterocycles. The van der Waals surface area contributed by atoms with E-state index >= 15 is 0 Å². The third kappa shape index (κ3) is 6.76. The summed E-state index contributed by atoms with van der Waals surface area (Å²) in [6.07, 6.45) is 1.93. The van der Waals surface area contributed by atoms with Gasteiger partial charge in [0.1, 0.15) is 11.3 Å². The molecular formula is C28H35ClN6O4S. The Labute approximate surface area is 242 Å². The molecule has 40 heavy (non-hydrogen) atoms. The van der Waals surface area contributed by atoms with Gasteiger partial charge in [0.15, 0.2) is 5.01 Å². The highest BCUT2D eigenvalue weighted by Gasteiger charge is 2.35. The van der Waals surface area contributed by atoms with Crippen LogP contribution in [0.3, 0.4) is 0 Å². The molecule has 3 aromatic rings. The highest BCUT2D eigenvalue weighted by atomic mass is 35.5. The quantitative estimate of drug-likeness (QED) is 0.354. The maximum atomic E-state index is 13.4. The number of fused-ring (bicyclic) bond motifs is 2. The van der Waals surface area contributed by atoms with E-state index in [1.807, 2.05) is 26.8 Å². The average Bonchev–Trinajstić information content (AvgIpc) is 3.48. The average molecular weight is 587 g/mol. The van der Waals surface area contributed by atoms with Crippen LogP contribution < -0.4 is 16.0 Å². The van der Waals surface area contributed by atoms with E-state index in [2.05, 4.69) is 37.9 Å². The summed E-state index contributed by atoms with van der Waals surface area (Å²) in [7, 11) is 2.05. The Bertz CT molecular complexity index is 1430. The Hall–Kier alpha value is -3.15. The Kier molecular flexibility index (Phi) is 8.08. The number of aromatic nitrogens is 2. The van der Waals surface area contributed by atoms with Gasteiger partial charge in [-0.3, -0.25) is 9.59 Å². The monoisotopic (exact) mass is 586 g/mol. The summed E-state index contributed by atoms with van der Waals surface area (Å²) in [6, 6.07) is 6.17. The number of rotatable bonds is 5. The van der Waals surface area contributed by atoms with Crippen LogP contribution >= 0.6 is 22.9 Å². The highest BCUT2D eigenvalue weighted by Crippen LogP contribution is 2.26. The highest BCUT2D eigenvalue weighted by molar-refractivity contribution is 7.13. The zero-order valence-electron chi connectivity index (χ0n) is 23.1. The summed E-state index contributed by atoms with van der Waals surface area (Å²) in [4.78, 5) is 50.1. The second kappa shape index (κ2) is 11.4. The van der Waals surface area contributed by atoms with Gasteiger partial charge < -0.3 is 30.6 Å². The number of aromatic amines is 1. The molecule has 0 spiro atoms. The summed E-state index contributed by atoms with van der Waals surface area (Å²) < 4.78 is 5.43. The number of thiazole rings is 1. The number of halogens is 1.